The van der Waals surface area contributed by atoms with E-state index < -0.39 is 23.6 Å². The average Bonchev–Trinajstić information content (AvgIpc) is 2.72. The minimum Gasteiger partial charge on any atom is -0.394 e. The van der Waals surface area contributed by atoms with Crippen molar-refractivity contribution in [1.82, 2.24) is 0 Å². The largest absolute Gasteiger partial charge is 0.416 e. The fraction of sp³-hybridized carbons (Fsp3) is 0.500. The lowest BCUT2D eigenvalue weighted by Crippen LogP contribution is -2.25. The molecule has 2 unspecified atom stereocenters. The Balaban J connectivity index is 2.20. The molecule has 1 aromatic rings. The average molecular weight is 262 g/mol. The second kappa shape index (κ2) is 4.53. The predicted octanol–water partition coefficient (Wildman–Crippen LogP) is 2.29. The predicted molar refractivity (Wildman–Crippen MR) is 56.7 cm³/mol. The van der Waals surface area contributed by atoms with Crippen LogP contribution in [-0.2, 0) is 21.4 Å². The highest BCUT2D eigenvalue weighted by molar-refractivity contribution is 5.27. The molecule has 2 atom stereocenters. The van der Waals surface area contributed by atoms with Crippen molar-refractivity contribution < 1.29 is 27.8 Å². The van der Waals surface area contributed by atoms with Crippen LogP contribution in [0.5, 0.6) is 0 Å². The van der Waals surface area contributed by atoms with Gasteiger partial charge in [-0.25, -0.2) is 0 Å². The molecule has 1 fully saturated rings. The summed E-state index contributed by atoms with van der Waals surface area (Å²) < 4.78 is 48.1. The molecule has 0 radical (unpaired) electrons. The van der Waals surface area contributed by atoms with Crippen molar-refractivity contribution in [2.24, 2.45) is 0 Å². The molecule has 1 aromatic carbocycles. The Morgan fingerprint density at radius 2 is 1.94 bits per heavy atom. The van der Waals surface area contributed by atoms with Crippen molar-refractivity contribution >= 4 is 0 Å². The molecule has 1 saturated heterocycles. The molecular weight excluding hydrogens is 249 g/mol. The third-order valence-electron chi connectivity index (χ3n) is 2.88. The zero-order valence-corrected chi connectivity index (χ0v) is 9.70. The van der Waals surface area contributed by atoms with Crippen LogP contribution in [-0.4, -0.2) is 24.4 Å². The second-order valence-corrected chi connectivity index (χ2v) is 4.25. The third-order valence-corrected chi connectivity index (χ3v) is 2.88. The van der Waals surface area contributed by atoms with E-state index in [9.17, 15) is 13.2 Å². The van der Waals surface area contributed by atoms with Gasteiger partial charge in [0.15, 0.2) is 5.79 Å². The number of halogens is 3. The molecule has 0 aromatic heterocycles. The molecule has 1 heterocycles. The normalized spacial score (nSPS) is 28.6. The Labute approximate surface area is 102 Å². The van der Waals surface area contributed by atoms with Gasteiger partial charge in [-0.3, -0.25) is 0 Å². The third kappa shape index (κ3) is 2.50. The molecule has 2 rings (SSSR count). The van der Waals surface area contributed by atoms with E-state index in [1.165, 1.54) is 12.1 Å². The first-order chi connectivity index (χ1) is 8.35. The SMILES string of the molecule is CC1(c2ccc(C(F)(F)F)cc2)OCC(CO)O1. The molecule has 0 amide bonds. The van der Waals surface area contributed by atoms with E-state index in [1.54, 1.807) is 6.92 Å². The van der Waals surface area contributed by atoms with Crippen molar-refractivity contribution in [3.05, 3.63) is 35.4 Å². The standard InChI is InChI=1S/C12H13F3O3/c1-11(17-7-10(6-16)18-11)8-2-4-9(5-3-8)12(13,14)15/h2-5,10,16H,6-7H2,1H3. The fourth-order valence-corrected chi connectivity index (χ4v) is 1.84. The van der Waals surface area contributed by atoms with Crippen LogP contribution in [0.15, 0.2) is 24.3 Å². The van der Waals surface area contributed by atoms with Crippen LogP contribution >= 0.6 is 0 Å². The minimum absolute atomic E-state index is 0.184. The summed E-state index contributed by atoms with van der Waals surface area (Å²) in [5.41, 5.74) is -0.224. The number of ether oxygens (including phenoxy) is 2. The van der Waals surface area contributed by atoms with Crippen LogP contribution in [0.3, 0.4) is 0 Å². The van der Waals surface area contributed by atoms with Gasteiger partial charge in [-0.15, -0.1) is 0 Å². The smallest absolute Gasteiger partial charge is 0.394 e. The van der Waals surface area contributed by atoms with E-state index in [0.29, 0.717) is 5.56 Å². The topological polar surface area (TPSA) is 38.7 Å². The van der Waals surface area contributed by atoms with Crippen molar-refractivity contribution in [3.8, 4) is 0 Å². The lowest BCUT2D eigenvalue weighted by atomic mass is 10.1. The molecule has 0 bridgehead atoms. The Hall–Kier alpha value is -1.11. The van der Waals surface area contributed by atoms with Gasteiger partial charge in [-0.05, 0) is 19.1 Å². The number of hydrogen-bond acceptors (Lipinski definition) is 3. The first-order valence-corrected chi connectivity index (χ1v) is 5.45. The van der Waals surface area contributed by atoms with Crippen LogP contribution in [0.25, 0.3) is 0 Å². The molecule has 1 aliphatic heterocycles. The number of benzene rings is 1. The van der Waals surface area contributed by atoms with Crippen LogP contribution in [0, 0.1) is 0 Å². The summed E-state index contributed by atoms with van der Waals surface area (Å²) in [7, 11) is 0. The van der Waals surface area contributed by atoms with Gasteiger partial charge >= 0.3 is 6.18 Å². The Kier molecular flexibility index (Phi) is 3.35. The molecule has 1 aliphatic rings. The number of aliphatic hydroxyl groups is 1. The van der Waals surface area contributed by atoms with Gasteiger partial charge in [0.05, 0.1) is 18.8 Å². The summed E-state index contributed by atoms with van der Waals surface area (Å²) in [6.45, 7) is 1.65. The summed E-state index contributed by atoms with van der Waals surface area (Å²) in [5.74, 6) is -1.10. The van der Waals surface area contributed by atoms with E-state index in [4.69, 9.17) is 14.6 Å². The molecule has 100 valence electrons. The van der Waals surface area contributed by atoms with Crippen LogP contribution in [0.2, 0.25) is 0 Å². The Morgan fingerprint density at radius 3 is 2.39 bits per heavy atom. The first kappa shape index (κ1) is 13.3. The Bertz CT molecular complexity index is 416. The number of alkyl halides is 3. The summed E-state index contributed by atoms with van der Waals surface area (Å²) in [5, 5.41) is 8.94. The maximum atomic E-state index is 12.4. The van der Waals surface area contributed by atoms with Crippen molar-refractivity contribution in [1.29, 1.82) is 0 Å². The molecule has 6 heteroatoms. The van der Waals surface area contributed by atoms with Crippen LogP contribution < -0.4 is 0 Å². The monoisotopic (exact) mass is 262 g/mol. The van der Waals surface area contributed by atoms with Crippen LogP contribution in [0.1, 0.15) is 18.1 Å². The van der Waals surface area contributed by atoms with Gasteiger partial charge in [0.25, 0.3) is 0 Å². The first-order valence-electron chi connectivity index (χ1n) is 5.45. The highest BCUT2D eigenvalue weighted by atomic mass is 19.4. The Morgan fingerprint density at radius 1 is 1.33 bits per heavy atom. The van der Waals surface area contributed by atoms with Gasteiger partial charge in [-0.1, -0.05) is 12.1 Å². The minimum atomic E-state index is -4.36. The van der Waals surface area contributed by atoms with E-state index >= 15 is 0 Å². The van der Waals surface area contributed by atoms with Gasteiger partial charge in [0, 0.05) is 5.56 Å². The van der Waals surface area contributed by atoms with Crippen molar-refractivity contribution in [2.75, 3.05) is 13.2 Å². The quantitative estimate of drug-likeness (QED) is 0.888. The summed E-state index contributed by atoms with van der Waals surface area (Å²) in [6.07, 6.45) is -4.80. The molecular formula is C12H13F3O3. The molecule has 18 heavy (non-hydrogen) atoms. The van der Waals surface area contributed by atoms with E-state index in [-0.39, 0.29) is 13.2 Å². The van der Waals surface area contributed by atoms with Crippen molar-refractivity contribution in [3.63, 3.8) is 0 Å². The lowest BCUT2D eigenvalue weighted by Gasteiger charge is -2.24. The molecule has 0 saturated carbocycles. The van der Waals surface area contributed by atoms with E-state index in [0.717, 1.165) is 12.1 Å². The zero-order valence-electron chi connectivity index (χ0n) is 9.70. The van der Waals surface area contributed by atoms with Crippen LogP contribution in [0.4, 0.5) is 13.2 Å². The number of rotatable bonds is 2. The fourth-order valence-electron chi connectivity index (χ4n) is 1.84. The van der Waals surface area contributed by atoms with Gasteiger partial charge in [0.1, 0.15) is 6.10 Å². The zero-order chi connectivity index (χ0) is 13.4. The van der Waals surface area contributed by atoms with Gasteiger partial charge in [0.2, 0.25) is 0 Å². The molecule has 0 aliphatic carbocycles. The second-order valence-electron chi connectivity index (χ2n) is 4.25. The van der Waals surface area contributed by atoms with E-state index in [1.807, 2.05) is 0 Å². The molecule has 0 spiro atoms. The number of aliphatic hydroxyl groups excluding tert-OH is 1. The van der Waals surface area contributed by atoms with E-state index in [2.05, 4.69) is 0 Å². The summed E-state index contributed by atoms with van der Waals surface area (Å²) >= 11 is 0. The van der Waals surface area contributed by atoms with Crippen molar-refractivity contribution in [2.45, 2.75) is 25.0 Å². The number of hydrogen-bond donors (Lipinski definition) is 1. The highest BCUT2D eigenvalue weighted by Gasteiger charge is 2.39. The maximum Gasteiger partial charge on any atom is 0.416 e. The van der Waals surface area contributed by atoms with Gasteiger partial charge in [-0.2, -0.15) is 13.2 Å². The molecule has 3 nitrogen and oxygen atoms in total. The highest BCUT2D eigenvalue weighted by Crippen LogP contribution is 2.36. The molecule has 1 N–H and O–H groups in total. The summed E-state index contributed by atoms with van der Waals surface area (Å²) in [6, 6.07) is 4.62. The maximum absolute atomic E-state index is 12.4. The van der Waals surface area contributed by atoms with Gasteiger partial charge < -0.3 is 14.6 Å². The lowest BCUT2D eigenvalue weighted by molar-refractivity contribution is -0.165. The summed E-state index contributed by atoms with van der Waals surface area (Å²) in [4.78, 5) is 0.